The van der Waals surface area contributed by atoms with Crippen molar-refractivity contribution >= 4 is 8.07 Å². The van der Waals surface area contributed by atoms with Crippen LogP contribution in [0.15, 0.2) is 0 Å². The summed E-state index contributed by atoms with van der Waals surface area (Å²) >= 11 is 0. The number of rotatable bonds is 10. The van der Waals surface area contributed by atoms with Gasteiger partial charge in [0.05, 0.1) is 26.3 Å². The smallest absolute Gasteiger partial charge is 0.114 e. The first-order valence-electron chi connectivity index (χ1n) is 8.08. The second-order valence-electron chi connectivity index (χ2n) is 7.56. The molecular formula is C16H38NSi+. The summed E-state index contributed by atoms with van der Waals surface area (Å²) in [7, 11) is 3.88. The number of hydrogen-bond acceptors (Lipinski definition) is 0. The van der Waals surface area contributed by atoms with Crippen molar-refractivity contribution in [3.63, 3.8) is 0 Å². The first kappa shape index (κ1) is 18.2. The first-order valence-corrected chi connectivity index (χ1v) is 11.7. The van der Waals surface area contributed by atoms with Crippen LogP contribution in [0.3, 0.4) is 0 Å². The molecule has 1 unspecified atom stereocenters. The van der Waals surface area contributed by atoms with E-state index in [1.807, 2.05) is 0 Å². The van der Waals surface area contributed by atoms with Crippen LogP contribution in [-0.4, -0.2) is 38.9 Å². The molecule has 0 N–H and O–H groups in total. The van der Waals surface area contributed by atoms with E-state index in [1.165, 1.54) is 56.0 Å². The molecule has 0 aromatic rings. The highest BCUT2D eigenvalue weighted by atomic mass is 28.3. The van der Waals surface area contributed by atoms with Gasteiger partial charge in [0.25, 0.3) is 0 Å². The van der Waals surface area contributed by atoms with Gasteiger partial charge in [-0.1, -0.05) is 59.2 Å². The standard InChI is InChI=1S/C16H38NSi/c1-8-10-11-12-13-14-15-17(3,4)16(9-2)18(5,6)7/h16H,8-15H2,1-7H3/q+1. The molecule has 0 aromatic carbocycles. The molecule has 0 bridgehead atoms. The zero-order chi connectivity index (χ0) is 14.2. The lowest BCUT2D eigenvalue weighted by Crippen LogP contribution is -2.59. The maximum atomic E-state index is 2.53. The largest absolute Gasteiger partial charge is 0.330 e. The lowest BCUT2D eigenvalue weighted by Gasteiger charge is -2.44. The van der Waals surface area contributed by atoms with Crippen LogP contribution >= 0.6 is 0 Å². The van der Waals surface area contributed by atoms with E-state index in [4.69, 9.17) is 0 Å². The quantitative estimate of drug-likeness (QED) is 0.295. The molecule has 0 fully saturated rings. The minimum Gasteiger partial charge on any atom is -0.330 e. The van der Waals surface area contributed by atoms with E-state index < -0.39 is 8.07 Å². The minimum absolute atomic E-state index is 0.910. The zero-order valence-corrected chi connectivity index (χ0v) is 15.2. The molecule has 18 heavy (non-hydrogen) atoms. The Hall–Kier alpha value is 0.177. The summed E-state index contributed by atoms with van der Waals surface area (Å²) in [6.45, 7) is 13.6. The summed E-state index contributed by atoms with van der Waals surface area (Å²) in [5.41, 5.74) is 0.910. The van der Waals surface area contributed by atoms with E-state index in [0.717, 1.165) is 5.67 Å². The SMILES string of the molecule is CCCCCCCC[N+](C)(C)C(CC)[Si](C)(C)C. The maximum Gasteiger partial charge on any atom is 0.114 e. The fourth-order valence-corrected chi connectivity index (χ4v) is 7.06. The van der Waals surface area contributed by atoms with Gasteiger partial charge in [-0.2, -0.15) is 0 Å². The van der Waals surface area contributed by atoms with Crippen LogP contribution in [0.4, 0.5) is 0 Å². The molecule has 0 aromatic heterocycles. The van der Waals surface area contributed by atoms with E-state index in [2.05, 4.69) is 47.6 Å². The molecule has 0 radical (unpaired) electrons. The number of unbranched alkanes of at least 4 members (excludes halogenated alkanes) is 5. The molecule has 0 amide bonds. The molecule has 0 aliphatic carbocycles. The van der Waals surface area contributed by atoms with Crippen LogP contribution in [0.2, 0.25) is 19.6 Å². The molecule has 110 valence electrons. The summed E-state index contributed by atoms with van der Waals surface area (Å²) < 4.78 is 1.25. The van der Waals surface area contributed by atoms with Crippen LogP contribution in [0.25, 0.3) is 0 Å². The predicted octanol–water partition coefficient (Wildman–Crippen LogP) is 5.08. The summed E-state index contributed by atoms with van der Waals surface area (Å²) in [6.07, 6.45) is 9.85. The van der Waals surface area contributed by atoms with Crippen molar-refractivity contribution in [2.75, 3.05) is 20.6 Å². The molecular weight excluding hydrogens is 234 g/mol. The van der Waals surface area contributed by atoms with Crippen molar-refractivity contribution in [1.29, 1.82) is 0 Å². The first-order chi connectivity index (χ1) is 8.25. The monoisotopic (exact) mass is 272 g/mol. The fraction of sp³-hybridized carbons (Fsp3) is 1.00. The van der Waals surface area contributed by atoms with Gasteiger partial charge in [0.1, 0.15) is 8.07 Å². The van der Waals surface area contributed by atoms with E-state index in [9.17, 15) is 0 Å². The Kier molecular flexibility index (Phi) is 8.45. The Morgan fingerprint density at radius 1 is 0.833 bits per heavy atom. The summed E-state index contributed by atoms with van der Waals surface area (Å²) in [5, 5.41) is 0. The van der Waals surface area contributed by atoms with Crippen molar-refractivity contribution < 1.29 is 4.48 Å². The summed E-state index contributed by atoms with van der Waals surface area (Å²) in [6, 6.07) is 0. The van der Waals surface area contributed by atoms with Gasteiger partial charge in [-0.05, 0) is 19.3 Å². The lowest BCUT2D eigenvalue weighted by molar-refractivity contribution is -0.904. The third kappa shape index (κ3) is 6.94. The van der Waals surface area contributed by atoms with Gasteiger partial charge in [0, 0.05) is 0 Å². The summed E-state index contributed by atoms with van der Waals surface area (Å²) in [4.78, 5) is 0. The highest BCUT2D eigenvalue weighted by Crippen LogP contribution is 2.23. The van der Waals surface area contributed by atoms with Crippen LogP contribution in [-0.2, 0) is 0 Å². The molecule has 2 heteroatoms. The van der Waals surface area contributed by atoms with E-state index in [1.54, 1.807) is 0 Å². The number of nitrogens with zero attached hydrogens (tertiary/aromatic N) is 1. The van der Waals surface area contributed by atoms with Gasteiger partial charge >= 0.3 is 0 Å². The predicted molar refractivity (Wildman–Crippen MR) is 87.8 cm³/mol. The van der Waals surface area contributed by atoms with Crippen molar-refractivity contribution in [3.8, 4) is 0 Å². The van der Waals surface area contributed by atoms with Gasteiger partial charge in [-0.25, -0.2) is 0 Å². The van der Waals surface area contributed by atoms with Gasteiger partial charge in [0.15, 0.2) is 0 Å². The molecule has 0 aliphatic heterocycles. The fourth-order valence-electron chi connectivity index (χ4n) is 3.61. The second-order valence-corrected chi connectivity index (χ2v) is 13.0. The van der Waals surface area contributed by atoms with Crippen molar-refractivity contribution in [2.24, 2.45) is 0 Å². The van der Waals surface area contributed by atoms with Gasteiger partial charge in [-0.3, -0.25) is 0 Å². The molecule has 0 saturated heterocycles. The minimum atomic E-state index is -1.03. The molecule has 1 atom stereocenters. The lowest BCUT2D eigenvalue weighted by atomic mass is 10.1. The normalized spacial score (nSPS) is 14.8. The van der Waals surface area contributed by atoms with Crippen molar-refractivity contribution in [3.05, 3.63) is 0 Å². The van der Waals surface area contributed by atoms with Gasteiger partial charge in [-0.15, -0.1) is 0 Å². The molecule has 1 nitrogen and oxygen atoms in total. The second kappa shape index (κ2) is 8.37. The average molecular weight is 273 g/mol. The van der Waals surface area contributed by atoms with Gasteiger partial charge in [0.2, 0.25) is 0 Å². The Morgan fingerprint density at radius 2 is 1.33 bits per heavy atom. The zero-order valence-electron chi connectivity index (χ0n) is 14.2. The molecule has 0 spiro atoms. The van der Waals surface area contributed by atoms with Crippen molar-refractivity contribution in [1.82, 2.24) is 0 Å². The number of quaternary nitrogens is 1. The molecule has 0 saturated carbocycles. The Labute approximate surface area is 118 Å². The maximum absolute atomic E-state index is 2.53. The molecule has 0 aliphatic rings. The molecule has 0 rings (SSSR count). The third-order valence-electron chi connectivity index (χ3n) is 4.32. The highest BCUT2D eigenvalue weighted by molar-refractivity contribution is 6.77. The number of hydrogen-bond donors (Lipinski definition) is 0. The van der Waals surface area contributed by atoms with Gasteiger partial charge < -0.3 is 4.48 Å². The van der Waals surface area contributed by atoms with Crippen LogP contribution in [0.5, 0.6) is 0 Å². The highest BCUT2D eigenvalue weighted by Gasteiger charge is 2.37. The van der Waals surface area contributed by atoms with E-state index in [-0.39, 0.29) is 0 Å². The third-order valence-corrected chi connectivity index (χ3v) is 7.42. The van der Waals surface area contributed by atoms with E-state index >= 15 is 0 Å². The topological polar surface area (TPSA) is 0 Å². The Morgan fingerprint density at radius 3 is 1.78 bits per heavy atom. The Balaban J connectivity index is 4.05. The van der Waals surface area contributed by atoms with Crippen LogP contribution < -0.4 is 0 Å². The summed E-state index contributed by atoms with van der Waals surface area (Å²) in [5.74, 6) is 0. The average Bonchev–Trinajstić information content (AvgIpc) is 2.21. The van der Waals surface area contributed by atoms with Crippen LogP contribution in [0.1, 0.15) is 58.8 Å². The van der Waals surface area contributed by atoms with Crippen LogP contribution in [0, 0.1) is 0 Å². The molecule has 0 heterocycles. The Bertz CT molecular complexity index is 206. The van der Waals surface area contributed by atoms with Crippen molar-refractivity contribution in [2.45, 2.75) is 84.1 Å². The van der Waals surface area contributed by atoms with E-state index in [0.29, 0.717) is 0 Å².